The van der Waals surface area contributed by atoms with E-state index < -0.39 is 5.97 Å². The molecule has 0 aliphatic rings. The van der Waals surface area contributed by atoms with E-state index in [9.17, 15) is 9.90 Å². The number of carbonyl (C=O) groups is 1. The van der Waals surface area contributed by atoms with E-state index in [2.05, 4.69) is 13.8 Å². The summed E-state index contributed by atoms with van der Waals surface area (Å²) < 4.78 is 0. The zero-order valence-corrected chi connectivity index (χ0v) is 10.6. The van der Waals surface area contributed by atoms with E-state index in [1.165, 1.54) is 0 Å². The Morgan fingerprint density at radius 3 is 2.28 bits per heavy atom. The molecule has 0 saturated carbocycles. The molecule has 0 amide bonds. The van der Waals surface area contributed by atoms with Crippen LogP contribution in [0.2, 0.25) is 0 Å². The second-order valence-corrected chi connectivity index (χ2v) is 4.63. The molecule has 0 saturated heterocycles. The van der Waals surface area contributed by atoms with E-state index >= 15 is 0 Å². The summed E-state index contributed by atoms with van der Waals surface area (Å²) in [5, 5.41) is 9.26. The van der Waals surface area contributed by atoms with Gasteiger partial charge in [0.1, 0.15) is 0 Å². The molecule has 1 N–H and O–H groups in total. The lowest BCUT2D eigenvalue weighted by Crippen LogP contribution is -2.01. The smallest absolute Gasteiger partial charge is 0.336 e. The molecule has 2 rings (SSSR count). The van der Waals surface area contributed by atoms with Crippen LogP contribution in [0, 0.1) is 0 Å². The van der Waals surface area contributed by atoms with E-state index in [1.807, 2.05) is 42.5 Å². The molecule has 2 nitrogen and oxygen atoms in total. The van der Waals surface area contributed by atoms with Crippen LogP contribution in [0.15, 0.2) is 48.5 Å². The predicted octanol–water partition coefficient (Wildman–Crippen LogP) is 4.18. The highest BCUT2D eigenvalue weighted by atomic mass is 16.4. The fourth-order valence-electron chi connectivity index (χ4n) is 1.96. The maximum Gasteiger partial charge on any atom is 0.336 e. The highest BCUT2D eigenvalue weighted by Gasteiger charge is 2.13. The first-order valence-corrected chi connectivity index (χ1v) is 6.02. The van der Waals surface area contributed by atoms with Gasteiger partial charge in [-0.15, -0.1) is 0 Å². The quantitative estimate of drug-likeness (QED) is 0.874. The van der Waals surface area contributed by atoms with Gasteiger partial charge in [-0.1, -0.05) is 56.3 Å². The molecular formula is C16H16O2. The van der Waals surface area contributed by atoms with E-state index in [-0.39, 0.29) is 0 Å². The van der Waals surface area contributed by atoms with Gasteiger partial charge in [-0.25, -0.2) is 4.79 Å². The molecule has 0 aliphatic carbocycles. The minimum Gasteiger partial charge on any atom is -0.478 e. The van der Waals surface area contributed by atoms with Crippen LogP contribution in [0.1, 0.15) is 35.7 Å². The number of carboxylic acid groups (broad SMARTS) is 1. The van der Waals surface area contributed by atoms with Crippen molar-refractivity contribution in [2.24, 2.45) is 0 Å². The minimum atomic E-state index is -0.885. The van der Waals surface area contributed by atoms with E-state index in [4.69, 9.17) is 0 Å². The van der Waals surface area contributed by atoms with Crippen molar-refractivity contribution < 1.29 is 9.90 Å². The SMILES string of the molecule is CC(C)c1ccc(C(=O)O)c(-c2ccccc2)c1. The van der Waals surface area contributed by atoms with Gasteiger partial charge in [0, 0.05) is 0 Å². The molecule has 2 heteroatoms. The Morgan fingerprint density at radius 1 is 1.06 bits per heavy atom. The van der Waals surface area contributed by atoms with Crippen molar-refractivity contribution in [1.29, 1.82) is 0 Å². The summed E-state index contributed by atoms with van der Waals surface area (Å²) >= 11 is 0. The summed E-state index contributed by atoms with van der Waals surface area (Å²) in [6.45, 7) is 4.20. The molecule has 0 aromatic heterocycles. The standard InChI is InChI=1S/C16H16O2/c1-11(2)13-8-9-14(16(17)18)15(10-13)12-6-4-3-5-7-12/h3-11H,1-2H3,(H,17,18). The summed E-state index contributed by atoms with van der Waals surface area (Å²) in [6.07, 6.45) is 0. The summed E-state index contributed by atoms with van der Waals surface area (Å²) in [4.78, 5) is 11.3. The van der Waals surface area contributed by atoms with Crippen molar-refractivity contribution in [3.8, 4) is 11.1 Å². The fourth-order valence-corrected chi connectivity index (χ4v) is 1.96. The van der Waals surface area contributed by atoms with Gasteiger partial charge in [0.15, 0.2) is 0 Å². The van der Waals surface area contributed by atoms with Gasteiger partial charge in [-0.05, 0) is 28.7 Å². The largest absolute Gasteiger partial charge is 0.478 e. The summed E-state index contributed by atoms with van der Waals surface area (Å²) in [5.41, 5.74) is 3.23. The zero-order chi connectivity index (χ0) is 13.1. The van der Waals surface area contributed by atoms with E-state index in [1.54, 1.807) is 6.07 Å². The lowest BCUT2D eigenvalue weighted by atomic mass is 9.93. The maximum atomic E-state index is 11.3. The van der Waals surface area contributed by atoms with Gasteiger partial charge in [0.25, 0.3) is 0 Å². The lowest BCUT2D eigenvalue weighted by molar-refractivity contribution is 0.0697. The molecule has 0 fully saturated rings. The van der Waals surface area contributed by atoms with Crippen LogP contribution in [-0.2, 0) is 0 Å². The number of benzene rings is 2. The fraction of sp³-hybridized carbons (Fsp3) is 0.188. The molecule has 92 valence electrons. The Balaban J connectivity index is 2.62. The average Bonchev–Trinajstić information content (AvgIpc) is 2.39. The molecule has 2 aromatic carbocycles. The molecule has 0 atom stereocenters. The van der Waals surface area contributed by atoms with Crippen LogP contribution in [0.4, 0.5) is 0 Å². The van der Waals surface area contributed by atoms with Crippen LogP contribution >= 0.6 is 0 Å². The summed E-state index contributed by atoms with van der Waals surface area (Å²) in [7, 11) is 0. The third kappa shape index (κ3) is 2.43. The van der Waals surface area contributed by atoms with Crippen molar-refractivity contribution in [1.82, 2.24) is 0 Å². The molecule has 0 heterocycles. The van der Waals surface area contributed by atoms with Crippen molar-refractivity contribution in [3.05, 3.63) is 59.7 Å². The number of carboxylic acids is 1. The highest BCUT2D eigenvalue weighted by Crippen LogP contribution is 2.27. The number of hydrogen-bond donors (Lipinski definition) is 1. The second kappa shape index (κ2) is 5.05. The normalized spacial score (nSPS) is 10.6. The van der Waals surface area contributed by atoms with Gasteiger partial charge < -0.3 is 5.11 Å². The van der Waals surface area contributed by atoms with E-state index in [0.717, 1.165) is 16.7 Å². The monoisotopic (exact) mass is 240 g/mol. The third-order valence-electron chi connectivity index (χ3n) is 3.03. The van der Waals surface area contributed by atoms with Crippen LogP contribution < -0.4 is 0 Å². The first-order chi connectivity index (χ1) is 8.59. The predicted molar refractivity (Wildman–Crippen MR) is 72.9 cm³/mol. The number of hydrogen-bond acceptors (Lipinski definition) is 1. The van der Waals surface area contributed by atoms with Crippen LogP contribution in [0.5, 0.6) is 0 Å². The van der Waals surface area contributed by atoms with Gasteiger partial charge in [-0.2, -0.15) is 0 Å². The van der Waals surface area contributed by atoms with Gasteiger partial charge >= 0.3 is 5.97 Å². The Hall–Kier alpha value is -2.09. The number of rotatable bonds is 3. The second-order valence-electron chi connectivity index (χ2n) is 4.63. The third-order valence-corrected chi connectivity index (χ3v) is 3.03. The van der Waals surface area contributed by atoms with E-state index in [0.29, 0.717) is 11.5 Å². The average molecular weight is 240 g/mol. The number of aromatic carboxylic acids is 1. The Labute approximate surface area is 107 Å². The van der Waals surface area contributed by atoms with Crippen molar-refractivity contribution in [2.45, 2.75) is 19.8 Å². The highest BCUT2D eigenvalue weighted by molar-refractivity contribution is 5.96. The molecule has 18 heavy (non-hydrogen) atoms. The van der Waals surface area contributed by atoms with Gasteiger partial charge in [0.05, 0.1) is 5.56 Å². The van der Waals surface area contributed by atoms with Crippen molar-refractivity contribution in [3.63, 3.8) is 0 Å². The molecule has 0 bridgehead atoms. The molecule has 0 unspecified atom stereocenters. The van der Waals surface area contributed by atoms with Crippen molar-refractivity contribution >= 4 is 5.97 Å². The van der Waals surface area contributed by atoms with Crippen LogP contribution in [-0.4, -0.2) is 11.1 Å². The molecule has 2 aromatic rings. The van der Waals surface area contributed by atoms with Gasteiger partial charge in [0.2, 0.25) is 0 Å². The molecule has 0 aliphatic heterocycles. The Morgan fingerprint density at radius 2 is 1.72 bits per heavy atom. The van der Waals surface area contributed by atoms with Crippen LogP contribution in [0.3, 0.4) is 0 Å². The van der Waals surface area contributed by atoms with Gasteiger partial charge in [-0.3, -0.25) is 0 Å². The van der Waals surface area contributed by atoms with Crippen molar-refractivity contribution in [2.75, 3.05) is 0 Å². The molecule has 0 radical (unpaired) electrons. The van der Waals surface area contributed by atoms with Crippen LogP contribution in [0.25, 0.3) is 11.1 Å². The Bertz CT molecular complexity index is 557. The lowest BCUT2D eigenvalue weighted by Gasteiger charge is -2.11. The Kier molecular flexibility index (Phi) is 3.47. The molecular weight excluding hydrogens is 224 g/mol. The first-order valence-electron chi connectivity index (χ1n) is 6.02. The summed E-state index contributed by atoms with van der Waals surface area (Å²) in [5.74, 6) is -0.500. The molecule has 0 spiro atoms. The maximum absolute atomic E-state index is 11.3. The topological polar surface area (TPSA) is 37.3 Å². The minimum absolute atomic E-state index is 0.352. The summed E-state index contributed by atoms with van der Waals surface area (Å²) in [6, 6.07) is 15.2. The zero-order valence-electron chi connectivity index (χ0n) is 10.6. The first kappa shape index (κ1) is 12.4.